The maximum atomic E-state index is 15.2. The van der Waals surface area contributed by atoms with Gasteiger partial charge in [-0.25, -0.2) is 27.6 Å². The van der Waals surface area contributed by atoms with Crippen LogP contribution >= 0.6 is 0 Å². The quantitative estimate of drug-likeness (QED) is 0.0621. The second-order valence-electron chi connectivity index (χ2n) is 16.0. The fourth-order valence-electron chi connectivity index (χ4n) is 8.12. The number of piperazine rings is 1. The van der Waals surface area contributed by atoms with Gasteiger partial charge in [-0.2, -0.15) is 4.98 Å². The lowest BCUT2D eigenvalue weighted by Crippen LogP contribution is -2.48. The van der Waals surface area contributed by atoms with Crippen molar-refractivity contribution in [3.8, 4) is 0 Å². The van der Waals surface area contributed by atoms with Gasteiger partial charge in [-0.3, -0.25) is 34.8 Å². The van der Waals surface area contributed by atoms with Crippen molar-refractivity contribution in [3.05, 3.63) is 131 Å². The molecule has 14 nitrogen and oxygen atoms in total. The molecule has 18 heteroatoms. The molecule has 0 bridgehead atoms. The van der Waals surface area contributed by atoms with Gasteiger partial charge < -0.3 is 20.9 Å². The van der Waals surface area contributed by atoms with Gasteiger partial charge in [-0.15, -0.1) is 0 Å². The molecule has 0 spiro atoms. The van der Waals surface area contributed by atoms with E-state index in [4.69, 9.17) is 0 Å². The summed E-state index contributed by atoms with van der Waals surface area (Å²) in [5.41, 5.74) is 4.95. The van der Waals surface area contributed by atoms with Crippen molar-refractivity contribution >= 4 is 58.1 Å². The van der Waals surface area contributed by atoms with E-state index in [1.807, 2.05) is 9.91 Å². The molecule has 5 N–H and O–H groups in total. The first-order valence-electron chi connectivity index (χ1n) is 21.1. The second-order valence-corrected chi connectivity index (χ2v) is 16.0. The topological polar surface area (TPSA) is 164 Å². The minimum atomic E-state index is -0.892. The number of carbonyl (C=O) groups excluding carboxylic acids is 4. The fraction of sp³-hybridized carbons (Fsp3) is 0.304. The van der Waals surface area contributed by atoms with Gasteiger partial charge in [0.2, 0.25) is 17.8 Å². The Kier molecular flexibility index (Phi) is 13.4. The number of hydrogen-bond acceptors (Lipinski definition) is 11. The molecule has 1 unspecified atom stereocenters. The molecular weight excluding hydrogens is 833 g/mol. The Balaban J connectivity index is 0.748. The number of imide groups is 1. The average Bonchev–Trinajstić information content (AvgIpc) is 3.29. The highest BCUT2D eigenvalue weighted by atomic mass is 19.1. The first-order chi connectivity index (χ1) is 30.9. The van der Waals surface area contributed by atoms with E-state index in [2.05, 4.69) is 41.6 Å². The zero-order valence-electron chi connectivity index (χ0n) is 34.7. The third kappa shape index (κ3) is 10.6. The van der Waals surface area contributed by atoms with E-state index in [1.165, 1.54) is 30.3 Å². The first kappa shape index (κ1) is 43.7. The van der Waals surface area contributed by atoms with Crippen LogP contribution in [0, 0.1) is 29.2 Å². The van der Waals surface area contributed by atoms with E-state index in [9.17, 15) is 28.0 Å². The molecule has 4 aromatic carbocycles. The molecule has 4 amide bonds. The van der Waals surface area contributed by atoms with Crippen LogP contribution in [0.5, 0.6) is 0 Å². The second kappa shape index (κ2) is 19.6. The lowest BCUT2D eigenvalue weighted by molar-refractivity contribution is -0.134. The molecule has 3 aliphatic heterocycles. The number of para-hydroxylation sites is 1. The van der Waals surface area contributed by atoms with Crippen molar-refractivity contribution < 1.29 is 36.7 Å². The molecule has 1 atom stereocenters. The first-order valence-corrected chi connectivity index (χ1v) is 21.1. The molecule has 3 fully saturated rings. The van der Waals surface area contributed by atoms with E-state index in [-0.39, 0.29) is 53.0 Å². The van der Waals surface area contributed by atoms with Gasteiger partial charge in [0, 0.05) is 79.8 Å². The van der Waals surface area contributed by atoms with Gasteiger partial charge in [-0.05, 0) is 105 Å². The number of hydrazine groups is 1. The summed E-state index contributed by atoms with van der Waals surface area (Å²) in [5, 5.41) is 12.5. The number of carbonyl (C=O) groups is 4. The molecule has 64 heavy (non-hydrogen) atoms. The Hall–Kier alpha value is -6.92. The highest BCUT2D eigenvalue weighted by Gasteiger charge is 2.32. The highest BCUT2D eigenvalue weighted by molar-refractivity contribution is 6.04. The number of nitrogens with zero attached hydrogens (tertiary/aromatic N) is 5. The lowest BCUT2D eigenvalue weighted by atomic mass is 9.89. The largest absolute Gasteiger partial charge is 0.367 e. The van der Waals surface area contributed by atoms with Crippen LogP contribution in [0.3, 0.4) is 0 Å². The summed E-state index contributed by atoms with van der Waals surface area (Å²) in [7, 11) is 0. The van der Waals surface area contributed by atoms with E-state index in [1.54, 1.807) is 42.5 Å². The molecule has 4 heterocycles. The Bertz CT molecular complexity index is 2510. The van der Waals surface area contributed by atoms with Gasteiger partial charge in [-0.1, -0.05) is 12.1 Å². The molecule has 0 radical (unpaired) electrons. The predicted octanol–water partition coefficient (Wildman–Crippen LogP) is 6.86. The standard InChI is InChI=1S/C46H46F4N10O4/c47-35-3-1-2-4-39(35)54-43(62)29-5-9-31(10-6-29)52-42-38(50)27-51-46(56-42)53-32-11-7-30(8-12-32)44(63)57-60-19-16-28(17-20-60)15-18-58-21-23-59(24-22-58)40-26-36(48)34(25-37(40)49)33-13-14-41(61)55-45(33)64/h1-12,25-28,33H,13-24H2,(H,54,62)(H,57,63)(H,55,61,64)(H2,51,52,53,56). The molecular formula is C46H46F4N10O4. The number of piperidine rings is 2. The van der Waals surface area contributed by atoms with E-state index in [0.717, 1.165) is 44.1 Å². The fourth-order valence-corrected chi connectivity index (χ4v) is 8.12. The van der Waals surface area contributed by atoms with E-state index >= 15 is 8.78 Å². The summed E-state index contributed by atoms with van der Waals surface area (Å²) in [6, 6.07) is 21.0. The minimum Gasteiger partial charge on any atom is -0.367 e. The van der Waals surface area contributed by atoms with Crippen molar-refractivity contribution in [2.75, 3.05) is 66.7 Å². The Morgan fingerprint density at radius 3 is 2.08 bits per heavy atom. The van der Waals surface area contributed by atoms with E-state index in [0.29, 0.717) is 62.1 Å². The summed E-state index contributed by atoms with van der Waals surface area (Å²) in [5.74, 6) is -4.66. The molecule has 0 saturated carbocycles. The zero-order valence-corrected chi connectivity index (χ0v) is 34.7. The maximum Gasteiger partial charge on any atom is 0.265 e. The molecule has 0 aliphatic carbocycles. The number of amides is 4. The van der Waals surface area contributed by atoms with Crippen molar-refractivity contribution in [1.82, 2.24) is 30.6 Å². The van der Waals surface area contributed by atoms with Crippen molar-refractivity contribution in [1.29, 1.82) is 0 Å². The van der Waals surface area contributed by atoms with Crippen LogP contribution in [0.2, 0.25) is 0 Å². The van der Waals surface area contributed by atoms with Gasteiger partial charge in [0.15, 0.2) is 11.6 Å². The minimum absolute atomic E-state index is 0.0270. The van der Waals surface area contributed by atoms with Crippen molar-refractivity contribution in [2.24, 2.45) is 5.92 Å². The smallest absolute Gasteiger partial charge is 0.265 e. The molecule has 8 rings (SSSR count). The Morgan fingerprint density at radius 2 is 1.39 bits per heavy atom. The number of nitrogens with one attached hydrogen (secondary N) is 5. The van der Waals surface area contributed by atoms with Gasteiger partial charge in [0.25, 0.3) is 11.8 Å². The average molecular weight is 879 g/mol. The van der Waals surface area contributed by atoms with Crippen LogP contribution in [0.15, 0.2) is 91.1 Å². The van der Waals surface area contributed by atoms with Gasteiger partial charge in [0.1, 0.15) is 17.5 Å². The number of rotatable bonds is 13. The summed E-state index contributed by atoms with van der Waals surface area (Å²) in [6.07, 6.45) is 4.08. The third-order valence-electron chi connectivity index (χ3n) is 11.8. The monoisotopic (exact) mass is 878 g/mol. The zero-order chi connectivity index (χ0) is 44.7. The summed E-state index contributed by atoms with van der Waals surface area (Å²) >= 11 is 0. The van der Waals surface area contributed by atoms with Crippen LogP contribution in [-0.4, -0.2) is 89.3 Å². The van der Waals surface area contributed by atoms with Crippen LogP contribution < -0.4 is 31.6 Å². The third-order valence-corrected chi connectivity index (χ3v) is 11.8. The lowest BCUT2D eigenvalue weighted by Gasteiger charge is -2.38. The highest BCUT2D eigenvalue weighted by Crippen LogP contribution is 2.32. The van der Waals surface area contributed by atoms with Crippen LogP contribution in [0.25, 0.3) is 0 Å². The van der Waals surface area contributed by atoms with Gasteiger partial charge >= 0.3 is 0 Å². The Labute approximate surface area is 366 Å². The molecule has 3 saturated heterocycles. The summed E-state index contributed by atoms with van der Waals surface area (Å²) in [4.78, 5) is 61.9. The van der Waals surface area contributed by atoms with Crippen molar-refractivity contribution in [2.45, 2.75) is 38.0 Å². The van der Waals surface area contributed by atoms with Crippen LogP contribution in [0.1, 0.15) is 64.3 Å². The predicted molar refractivity (Wildman–Crippen MR) is 232 cm³/mol. The number of anilines is 6. The molecule has 5 aromatic rings. The number of halogens is 4. The van der Waals surface area contributed by atoms with Crippen molar-refractivity contribution in [3.63, 3.8) is 0 Å². The van der Waals surface area contributed by atoms with Crippen LogP contribution in [0.4, 0.5) is 52.1 Å². The Morgan fingerprint density at radius 1 is 0.719 bits per heavy atom. The van der Waals surface area contributed by atoms with Gasteiger partial charge in [0.05, 0.1) is 23.5 Å². The molecule has 3 aliphatic rings. The van der Waals surface area contributed by atoms with Crippen LogP contribution in [-0.2, 0) is 9.59 Å². The molecule has 1 aromatic heterocycles. The number of aromatic nitrogens is 2. The normalized spacial score (nSPS) is 17.4. The van der Waals surface area contributed by atoms with E-state index < -0.39 is 46.9 Å². The SMILES string of the molecule is O=C1CCC(c2cc(F)c(N3CCN(CCC4CCN(NC(=O)c5ccc(Nc6ncc(F)c(Nc7ccc(C(=O)Nc8ccccc8F)cc7)n6)cc5)CC4)CC3)cc2F)C(=O)N1. The summed E-state index contributed by atoms with van der Waals surface area (Å²) < 4.78 is 59.0. The maximum absolute atomic E-state index is 15.2. The summed E-state index contributed by atoms with van der Waals surface area (Å²) in [6.45, 7) is 4.78. The number of hydrogen-bond donors (Lipinski definition) is 5. The number of benzene rings is 4. The molecule has 332 valence electrons.